The first kappa shape index (κ1) is 15.8. The molecule has 114 valence electrons. The van der Waals surface area contributed by atoms with Gasteiger partial charge in [-0.15, -0.1) is 11.8 Å². The van der Waals surface area contributed by atoms with Gasteiger partial charge in [-0.1, -0.05) is 0 Å². The van der Waals surface area contributed by atoms with Gasteiger partial charge in [0.2, 0.25) is 0 Å². The highest BCUT2D eigenvalue weighted by atomic mass is 32.2. The van der Waals surface area contributed by atoms with Gasteiger partial charge in [0, 0.05) is 25.2 Å². The molecule has 5 nitrogen and oxygen atoms in total. The lowest BCUT2D eigenvalue weighted by atomic mass is 9.97. The molecule has 2 heterocycles. The highest BCUT2D eigenvalue weighted by Gasteiger charge is 2.29. The van der Waals surface area contributed by atoms with E-state index in [9.17, 15) is 9.59 Å². The molecule has 1 N–H and O–H groups in total. The predicted molar refractivity (Wildman–Crippen MR) is 81.6 cm³/mol. The first-order chi connectivity index (χ1) is 10.1. The van der Waals surface area contributed by atoms with E-state index in [2.05, 4.69) is 4.98 Å². The monoisotopic (exact) mass is 308 g/mol. The number of aliphatic carboxylic acids is 1. The van der Waals surface area contributed by atoms with Crippen LogP contribution in [0.25, 0.3) is 0 Å². The normalized spacial score (nSPS) is 18.5. The van der Waals surface area contributed by atoms with Gasteiger partial charge in [-0.3, -0.25) is 9.59 Å². The minimum atomic E-state index is -0.806. The van der Waals surface area contributed by atoms with Gasteiger partial charge in [-0.05, 0) is 44.1 Å². The van der Waals surface area contributed by atoms with E-state index in [1.54, 1.807) is 18.3 Å². The molecule has 2 rings (SSSR count). The minimum Gasteiger partial charge on any atom is -0.481 e. The molecule has 0 bridgehead atoms. The van der Waals surface area contributed by atoms with Crippen molar-refractivity contribution >= 4 is 23.6 Å². The molecule has 1 saturated heterocycles. The van der Waals surface area contributed by atoms with Crippen LogP contribution < -0.4 is 0 Å². The number of pyridine rings is 1. The van der Waals surface area contributed by atoms with Crippen LogP contribution in [0.4, 0.5) is 0 Å². The lowest BCUT2D eigenvalue weighted by molar-refractivity contribution is -0.137. The number of nitrogens with zero attached hydrogens (tertiary/aromatic N) is 2. The molecule has 1 fully saturated rings. The minimum absolute atomic E-state index is 0.0252. The summed E-state index contributed by atoms with van der Waals surface area (Å²) < 4.78 is 0. The summed E-state index contributed by atoms with van der Waals surface area (Å²) in [5, 5.41) is 9.58. The summed E-state index contributed by atoms with van der Waals surface area (Å²) in [6.45, 7) is 0.700. The van der Waals surface area contributed by atoms with E-state index in [-0.39, 0.29) is 18.4 Å². The van der Waals surface area contributed by atoms with E-state index in [1.165, 1.54) is 11.8 Å². The largest absolute Gasteiger partial charge is 0.481 e. The van der Waals surface area contributed by atoms with Crippen LogP contribution in [0.2, 0.25) is 0 Å². The Hall–Kier alpha value is -1.56. The topological polar surface area (TPSA) is 70.5 Å². The predicted octanol–water partition coefficient (Wildman–Crippen LogP) is 2.66. The van der Waals surface area contributed by atoms with Crippen LogP contribution in [0.3, 0.4) is 0 Å². The maximum Gasteiger partial charge on any atom is 0.303 e. The number of carboxylic acid groups (broad SMARTS) is 1. The molecule has 0 saturated carbocycles. The van der Waals surface area contributed by atoms with Crippen LogP contribution in [0, 0.1) is 0 Å². The fourth-order valence-corrected chi connectivity index (χ4v) is 3.27. The standard InChI is InChI=1S/C15H20N2O3S/c1-21-14-12(6-4-9-16-14)15(20)17-10-3-2-5-11(17)7-8-13(18)19/h4,6,9,11H,2-3,5,7-8,10H2,1H3,(H,18,19). The molecule has 1 amide bonds. The van der Waals surface area contributed by atoms with Gasteiger partial charge >= 0.3 is 5.97 Å². The van der Waals surface area contributed by atoms with Gasteiger partial charge < -0.3 is 10.0 Å². The van der Waals surface area contributed by atoms with Crippen LogP contribution in [0.5, 0.6) is 0 Å². The number of carbonyl (C=O) groups is 2. The lowest BCUT2D eigenvalue weighted by Crippen LogP contribution is -2.44. The van der Waals surface area contributed by atoms with Crippen molar-refractivity contribution < 1.29 is 14.7 Å². The number of carboxylic acids is 1. The van der Waals surface area contributed by atoms with Gasteiger partial charge in [0.05, 0.1) is 5.56 Å². The quantitative estimate of drug-likeness (QED) is 0.847. The van der Waals surface area contributed by atoms with Gasteiger partial charge in [0.25, 0.3) is 5.91 Å². The maximum atomic E-state index is 12.8. The van der Waals surface area contributed by atoms with E-state index >= 15 is 0 Å². The van der Waals surface area contributed by atoms with Gasteiger partial charge in [-0.2, -0.15) is 0 Å². The fourth-order valence-electron chi connectivity index (χ4n) is 2.73. The Morgan fingerprint density at radius 3 is 3.00 bits per heavy atom. The Bertz CT molecular complexity index is 521. The van der Waals surface area contributed by atoms with Gasteiger partial charge in [-0.25, -0.2) is 4.98 Å². The molecule has 1 aromatic heterocycles. The first-order valence-electron chi connectivity index (χ1n) is 7.15. The zero-order valence-electron chi connectivity index (χ0n) is 12.1. The second kappa shape index (κ2) is 7.45. The fraction of sp³-hybridized carbons (Fsp3) is 0.533. The summed E-state index contributed by atoms with van der Waals surface area (Å²) in [7, 11) is 0. The molecule has 0 aliphatic carbocycles. The SMILES string of the molecule is CSc1ncccc1C(=O)N1CCCCC1CCC(=O)O. The van der Waals surface area contributed by atoms with Gasteiger partial charge in [0.1, 0.15) is 5.03 Å². The second-order valence-corrected chi connectivity index (χ2v) is 5.94. The van der Waals surface area contributed by atoms with Crippen LogP contribution in [-0.2, 0) is 4.79 Å². The van der Waals surface area contributed by atoms with Crippen LogP contribution in [-0.4, -0.2) is 45.7 Å². The van der Waals surface area contributed by atoms with Crippen LogP contribution >= 0.6 is 11.8 Å². The summed E-state index contributed by atoms with van der Waals surface area (Å²) in [6.07, 6.45) is 7.12. The molecule has 0 radical (unpaired) electrons. The molecule has 21 heavy (non-hydrogen) atoms. The molecule has 0 aromatic carbocycles. The van der Waals surface area contributed by atoms with Crippen molar-refractivity contribution in [2.24, 2.45) is 0 Å². The Labute approximate surface area is 128 Å². The van der Waals surface area contributed by atoms with E-state index in [4.69, 9.17) is 5.11 Å². The Kier molecular flexibility index (Phi) is 5.61. The van der Waals surface area contributed by atoms with E-state index < -0.39 is 5.97 Å². The molecule has 1 aromatic rings. The molecule has 1 aliphatic heterocycles. The third kappa shape index (κ3) is 3.97. The van der Waals surface area contributed by atoms with E-state index in [0.717, 1.165) is 24.3 Å². The van der Waals surface area contributed by atoms with Crippen molar-refractivity contribution in [2.45, 2.75) is 43.2 Å². The Morgan fingerprint density at radius 1 is 1.48 bits per heavy atom. The first-order valence-corrected chi connectivity index (χ1v) is 8.37. The number of aromatic nitrogens is 1. The van der Waals surface area contributed by atoms with Gasteiger partial charge in [0.15, 0.2) is 0 Å². The highest BCUT2D eigenvalue weighted by molar-refractivity contribution is 7.98. The number of rotatable bonds is 5. The molecular weight excluding hydrogens is 288 g/mol. The van der Waals surface area contributed by atoms with Crippen molar-refractivity contribution in [1.82, 2.24) is 9.88 Å². The van der Waals surface area contributed by atoms with Crippen molar-refractivity contribution in [3.63, 3.8) is 0 Å². The number of hydrogen-bond acceptors (Lipinski definition) is 4. The summed E-state index contributed by atoms with van der Waals surface area (Å²) in [5.74, 6) is -0.832. The molecule has 1 aliphatic rings. The number of carbonyl (C=O) groups excluding carboxylic acids is 1. The van der Waals surface area contributed by atoms with Crippen LogP contribution in [0.1, 0.15) is 42.5 Å². The van der Waals surface area contributed by atoms with Crippen molar-refractivity contribution in [3.05, 3.63) is 23.9 Å². The molecule has 6 heteroatoms. The molecule has 1 atom stereocenters. The third-order valence-electron chi connectivity index (χ3n) is 3.77. The summed E-state index contributed by atoms with van der Waals surface area (Å²) in [5.41, 5.74) is 0.618. The van der Waals surface area contributed by atoms with Crippen molar-refractivity contribution in [3.8, 4) is 0 Å². The lowest BCUT2D eigenvalue weighted by Gasteiger charge is -2.36. The number of piperidine rings is 1. The van der Waals surface area contributed by atoms with E-state index in [0.29, 0.717) is 18.5 Å². The molecule has 0 spiro atoms. The summed E-state index contributed by atoms with van der Waals surface area (Å²) >= 11 is 1.45. The van der Waals surface area contributed by atoms with E-state index in [1.807, 2.05) is 11.2 Å². The number of likely N-dealkylation sites (tertiary alicyclic amines) is 1. The van der Waals surface area contributed by atoms with Crippen molar-refractivity contribution in [2.75, 3.05) is 12.8 Å². The van der Waals surface area contributed by atoms with Crippen molar-refractivity contribution in [1.29, 1.82) is 0 Å². The third-order valence-corrected chi connectivity index (χ3v) is 4.49. The number of thioether (sulfide) groups is 1. The summed E-state index contributed by atoms with van der Waals surface area (Å²) in [4.78, 5) is 29.6. The highest BCUT2D eigenvalue weighted by Crippen LogP contribution is 2.25. The number of amides is 1. The Morgan fingerprint density at radius 2 is 2.29 bits per heavy atom. The molecule has 1 unspecified atom stereocenters. The average molecular weight is 308 g/mol. The summed E-state index contributed by atoms with van der Waals surface area (Å²) in [6, 6.07) is 3.59. The number of hydrogen-bond donors (Lipinski definition) is 1. The second-order valence-electron chi connectivity index (χ2n) is 5.14. The zero-order chi connectivity index (χ0) is 15.2. The molecular formula is C15H20N2O3S. The maximum absolute atomic E-state index is 12.8. The Balaban J connectivity index is 2.16. The van der Waals surface area contributed by atoms with Crippen LogP contribution in [0.15, 0.2) is 23.4 Å². The average Bonchev–Trinajstić information content (AvgIpc) is 2.52. The zero-order valence-corrected chi connectivity index (χ0v) is 12.9. The smallest absolute Gasteiger partial charge is 0.303 e.